The van der Waals surface area contributed by atoms with Crippen molar-refractivity contribution < 1.29 is 14.7 Å². The number of anilines is 1. The van der Waals surface area contributed by atoms with Gasteiger partial charge in [0.2, 0.25) is 5.91 Å². The molecule has 1 N–H and O–H groups in total. The molecule has 2 aliphatic rings. The molecule has 1 aliphatic heterocycles. The summed E-state index contributed by atoms with van der Waals surface area (Å²) in [7, 11) is 0. The zero-order valence-corrected chi connectivity index (χ0v) is 16.3. The Bertz CT molecular complexity index is 654. The van der Waals surface area contributed by atoms with Gasteiger partial charge < -0.3 is 5.11 Å². The number of rotatable bonds is 4. The van der Waals surface area contributed by atoms with Crippen LogP contribution in [0.15, 0.2) is 18.2 Å². The Morgan fingerprint density at radius 3 is 2.68 bits per heavy atom. The highest BCUT2D eigenvalue weighted by atomic mass is 79.9. The third-order valence-corrected chi connectivity index (χ3v) is 6.34. The number of fused-ring (bicyclic) bond motifs is 1. The molecule has 136 valence electrons. The number of alkyl halides is 1. The molecule has 0 radical (unpaired) electrons. The number of aliphatic carboxylic acids is 1. The van der Waals surface area contributed by atoms with E-state index in [9.17, 15) is 14.7 Å². The van der Waals surface area contributed by atoms with Crippen molar-refractivity contribution in [2.24, 2.45) is 5.92 Å². The third kappa shape index (κ3) is 4.25. The van der Waals surface area contributed by atoms with E-state index in [1.165, 1.54) is 37.0 Å². The number of hydrogen-bond donors (Lipinski definition) is 1. The summed E-state index contributed by atoms with van der Waals surface area (Å²) in [4.78, 5) is 25.2. The summed E-state index contributed by atoms with van der Waals surface area (Å²) >= 11 is 3.53. The molecule has 2 atom stereocenters. The molecule has 25 heavy (non-hydrogen) atoms. The lowest BCUT2D eigenvalue weighted by Gasteiger charge is -2.28. The summed E-state index contributed by atoms with van der Waals surface area (Å²) in [6.07, 6.45) is 8.32. The molecule has 0 bridgehead atoms. The van der Waals surface area contributed by atoms with E-state index in [1.807, 2.05) is 13.0 Å². The van der Waals surface area contributed by atoms with Gasteiger partial charge in [-0.25, -0.2) is 0 Å². The Morgan fingerprint density at radius 2 is 2.00 bits per heavy atom. The summed E-state index contributed by atoms with van der Waals surface area (Å²) in [5, 5.41) is 9.27. The van der Waals surface area contributed by atoms with Gasteiger partial charge in [0.15, 0.2) is 0 Å². The van der Waals surface area contributed by atoms with Crippen LogP contribution in [0.4, 0.5) is 5.69 Å². The first-order valence-corrected chi connectivity index (χ1v) is 10.1. The molecular formula is C20H26BrNO3. The molecule has 0 spiro atoms. The third-order valence-electron chi connectivity index (χ3n) is 5.58. The van der Waals surface area contributed by atoms with Gasteiger partial charge >= 0.3 is 5.97 Å². The molecule has 2 unspecified atom stereocenters. The van der Waals surface area contributed by atoms with Crippen molar-refractivity contribution in [1.29, 1.82) is 0 Å². The number of carbonyl (C=O) groups excluding carboxylic acids is 1. The Kier molecular flexibility index (Phi) is 5.82. The minimum atomic E-state index is -0.980. The van der Waals surface area contributed by atoms with Gasteiger partial charge in [-0.1, -0.05) is 60.2 Å². The van der Waals surface area contributed by atoms with Gasteiger partial charge in [-0.15, -0.1) is 0 Å². The SMILES string of the molecule is Cc1ccc2c(c1)N(CC(=O)O)C(=O)C(Br)CC2CC1CCCCC1. The number of benzene rings is 1. The van der Waals surface area contributed by atoms with E-state index in [-0.39, 0.29) is 17.3 Å². The van der Waals surface area contributed by atoms with Crippen molar-refractivity contribution >= 4 is 33.5 Å². The van der Waals surface area contributed by atoms with Crippen molar-refractivity contribution in [3.05, 3.63) is 29.3 Å². The maximum absolute atomic E-state index is 12.8. The lowest BCUT2D eigenvalue weighted by molar-refractivity contribution is -0.136. The molecule has 1 amide bonds. The van der Waals surface area contributed by atoms with E-state index in [1.54, 1.807) is 0 Å². The van der Waals surface area contributed by atoms with Crippen molar-refractivity contribution in [2.45, 2.75) is 62.6 Å². The van der Waals surface area contributed by atoms with Crippen molar-refractivity contribution in [1.82, 2.24) is 0 Å². The highest BCUT2D eigenvalue weighted by Crippen LogP contribution is 2.43. The predicted octanol–water partition coefficient (Wildman–Crippen LogP) is 4.63. The van der Waals surface area contributed by atoms with Crippen LogP contribution >= 0.6 is 15.9 Å². The second kappa shape index (κ2) is 7.90. The van der Waals surface area contributed by atoms with Gasteiger partial charge in [0.25, 0.3) is 0 Å². The van der Waals surface area contributed by atoms with Gasteiger partial charge in [0.05, 0.1) is 4.83 Å². The van der Waals surface area contributed by atoms with Crippen LogP contribution in [0, 0.1) is 12.8 Å². The van der Waals surface area contributed by atoms with Crippen LogP contribution in [0.1, 0.15) is 62.0 Å². The summed E-state index contributed by atoms with van der Waals surface area (Å²) < 4.78 is 0. The Balaban J connectivity index is 1.96. The molecule has 1 aromatic rings. The van der Waals surface area contributed by atoms with Crippen LogP contribution in [-0.2, 0) is 9.59 Å². The molecule has 0 saturated heterocycles. The van der Waals surface area contributed by atoms with Gasteiger partial charge in [-0.3, -0.25) is 14.5 Å². The first kappa shape index (κ1) is 18.4. The van der Waals surface area contributed by atoms with Gasteiger partial charge in [0, 0.05) is 5.69 Å². The first-order valence-electron chi connectivity index (χ1n) is 9.23. The molecule has 1 aromatic carbocycles. The molecule has 5 heteroatoms. The maximum atomic E-state index is 12.8. The molecule has 0 aromatic heterocycles. The van der Waals surface area contributed by atoms with Gasteiger partial charge in [-0.05, 0) is 48.8 Å². The van der Waals surface area contributed by atoms with E-state index in [4.69, 9.17) is 0 Å². The average molecular weight is 408 g/mol. The molecule has 1 saturated carbocycles. The molecule has 1 heterocycles. The smallest absolute Gasteiger partial charge is 0.323 e. The Hall–Kier alpha value is -1.36. The summed E-state index contributed by atoms with van der Waals surface area (Å²) in [5.41, 5.74) is 2.97. The fourth-order valence-electron chi connectivity index (χ4n) is 4.34. The standard InChI is InChI=1S/C20H26BrNO3/c1-13-7-8-16-15(10-14-5-3-2-4-6-14)11-17(21)20(25)22(12-19(23)24)18(16)9-13/h7-9,14-15,17H,2-6,10-12H2,1H3,(H,23,24). The number of hydrogen-bond acceptors (Lipinski definition) is 2. The quantitative estimate of drug-likeness (QED) is 0.739. The highest BCUT2D eigenvalue weighted by Gasteiger charge is 2.35. The lowest BCUT2D eigenvalue weighted by atomic mass is 9.79. The normalized spacial score (nSPS) is 24.7. The van der Waals surface area contributed by atoms with E-state index in [0.717, 1.165) is 29.7 Å². The minimum absolute atomic E-state index is 0.139. The number of aryl methyl sites for hydroxylation is 1. The molecule has 3 rings (SSSR count). The van der Waals surface area contributed by atoms with Gasteiger partial charge in [0.1, 0.15) is 6.54 Å². The number of carbonyl (C=O) groups is 2. The van der Waals surface area contributed by atoms with E-state index in [2.05, 4.69) is 28.1 Å². The Labute approximate surface area is 157 Å². The van der Waals surface area contributed by atoms with E-state index < -0.39 is 5.97 Å². The van der Waals surface area contributed by atoms with Crippen LogP contribution in [0.2, 0.25) is 0 Å². The highest BCUT2D eigenvalue weighted by molar-refractivity contribution is 9.10. The number of carboxylic acid groups (broad SMARTS) is 1. The first-order chi connectivity index (χ1) is 12.0. The van der Waals surface area contributed by atoms with Gasteiger partial charge in [-0.2, -0.15) is 0 Å². The number of halogens is 1. The average Bonchev–Trinajstić information content (AvgIpc) is 2.66. The zero-order chi connectivity index (χ0) is 18.0. The second-order valence-electron chi connectivity index (χ2n) is 7.52. The maximum Gasteiger partial charge on any atom is 0.323 e. The number of carboxylic acids is 1. The van der Waals surface area contributed by atoms with Crippen LogP contribution in [0.3, 0.4) is 0 Å². The summed E-state index contributed by atoms with van der Waals surface area (Å²) in [6.45, 7) is 1.70. The van der Waals surface area contributed by atoms with E-state index >= 15 is 0 Å². The second-order valence-corrected chi connectivity index (χ2v) is 8.63. The topological polar surface area (TPSA) is 57.6 Å². The van der Waals surface area contributed by atoms with Crippen LogP contribution in [-0.4, -0.2) is 28.4 Å². The molecule has 1 fully saturated rings. The summed E-state index contributed by atoms with van der Waals surface area (Å²) in [5.74, 6) is -0.105. The van der Waals surface area contributed by atoms with Crippen LogP contribution < -0.4 is 4.90 Å². The number of nitrogens with zero attached hydrogens (tertiary/aromatic N) is 1. The van der Waals surface area contributed by atoms with E-state index in [0.29, 0.717) is 11.8 Å². The van der Waals surface area contributed by atoms with Crippen molar-refractivity contribution in [2.75, 3.05) is 11.4 Å². The fraction of sp³-hybridized carbons (Fsp3) is 0.600. The number of amides is 1. The largest absolute Gasteiger partial charge is 0.480 e. The van der Waals surface area contributed by atoms with Crippen molar-refractivity contribution in [3.63, 3.8) is 0 Å². The predicted molar refractivity (Wildman–Crippen MR) is 102 cm³/mol. The zero-order valence-electron chi connectivity index (χ0n) is 14.7. The molecule has 4 nitrogen and oxygen atoms in total. The summed E-state index contributed by atoms with van der Waals surface area (Å²) in [6, 6.07) is 6.14. The lowest BCUT2D eigenvalue weighted by Crippen LogP contribution is -2.39. The fourth-order valence-corrected chi connectivity index (χ4v) is 5.04. The van der Waals surface area contributed by atoms with Crippen molar-refractivity contribution in [3.8, 4) is 0 Å². The van der Waals surface area contributed by atoms with Crippen LogP contribution in [0.5, 0.6) is 0 Å². The monoisotopic (exact) mass is 407 g/mol. The molecule has 1 aliphatic carbocycles. The minimum Gasteiger partial charge on any atom is -0.480 e. The Morgan fingerprint density at radius 1 is 1.28 bits per heavy atom. The van der Waals surface area contributed by atoms with Crippen LogP contribution in [0.25, 0.3) is 0 Å². The molecular weight excluding hydrogens is 382 g/mol.